The highest BCUT2D eigenvalue weighted by atomic mass is 32.2. The van der Waals surface area contributed by atoms with Gasteiger partial charge in [0, 0.05) is 29.6 Å². The molecule has 2 N–H and O–H groups in total. The van der Waals surface area contributed by atoms with Crippen LogP contribution in [0.1, 0.15) is 27.9 Å². The minimum atomic E-state index is -3.51. The van der Waals surface area contributed by atoms with E-state index in [2.05, 4.69) is 15.0 Å². The maximum atomic E-state index is 12.3. The van der Waals surface area contributed by atoms with Crippen LogP contribution in [0.2, 0.25) is 0 Å². The number of nitrogens with zero attached hydrogens (tertiary/aromatic N) is 1. The average molecular weight is 430 g/mol. The van der Waals surface area contributed by atoms with Crippen LogP contribution < -0.4 is 10.0 Å². The Balaban J connectivity index is 1.53. The lowest BCUT2D eigenvalue weighted by atomic mass is 10.1. The third-order valence-corrected chi connectivity index (χ3v) is 6.66. The molecule has 1 aromatic heterocycles. The van der Waals surface area contributed by atoms with Crippen molar-refractivity contribution in [3.8, 4) is 11.3 Å². The normalized spacial score (nSPS) is 11.4. The van der Waals surface area contributed by atoms with Gasteiger partial charge in [0.1, 0.15) is 0 Å². The van der Waals surface area contributed by atoms with E-state index in [9.17, 15) is 13.2 Å². The molecule has 3 rings (SSSR count). The first-order valence-electron chi connectivity index (χ1n) is 9.28. The van der Waals surface area contributed by atoms with Crippen LogP contribution >= 0.6 is 11.3 Å². The van der Waals surface area contributed by atoms with E-state index in [0.29, 0.717) is 25.1 Å². The number of hydrogen-bond acceptors (Lipinski definition) is 5. The molecule has 0 saturated carbocycles. The zero-order chi connectivity index (χ0) is 20.9. The lowest BCUT2D eigenvalue weighted by Crippen LogP contribution is -2.26. The van der Waals surface area contributed by atoms with Gasteiger partial charge in [-0.1, -0.05) is 31.2 Å². The fourth-order valence-corrected chi connectivity index (χ4v) is 4.48. The molecule has 0 aliphatic carbocycles. The van der Waals surface area contributed by atoms with Crippen LogP contribution in [-0.2, 0) is 16.4 Å². The van der Waals surface area contributed by atoms with Crippen molar-refractivity contribution in [3.05, 3.63) is 70.0 Å². The van der Waals surface area contributed by atoms with Crippen molar-refractivity contribution < 1.29 is 13.2 Å². The fraction of sp³-hybridized carbons (Fsp3) is 0.238. The van der Waals surface area contributed by atoms with Gasteiger partial charge in [0.05, 0.1) is 15.6 Å². The number of carbonyl (C=O) groups is 1. The molecule has 1 amide bonds. The summed E-state index contributed by atoms with van der Waals surface area (Å²) in [5, 5.41) is 5.95. The van der Waals surface area contributed by atoms with Gasteiger partial charge < -0.3 is 5.32 Å². The predicted molar refractivity (Wildman–Crippen MR) is 116 cm³/mol. The minimum absolute atomic E-state index is 0.145. The Morgan fingerprint density at radius 2 is 1.76 bits per heavy atom. The van der Waals surface area contributed by atoms with Crippen LogP contribution in [0.25, 0.3) is 11.3 Å². The molecule has 0 fully saturated rings. The summed E-state index contributed by atoms with van der Waals surface area (Å²) >= 11 is 1.63. The van der Waals surface area contributed by atoms with Gasteiger partial charge in [-0.25, -0.2) is 18.1 Å². The number of thiazole rings is 1. The summed E-state index contributed by atoms with van der Waals surface area (Å²) in [6, 6.07) is 14.1. The second kappa shape index (κ2) is 9.30. The van der Waals surface area contributed by atoms with Crippen molar-refractivity contribution in [3.63, 3.8) is 0 Å². The number of nitrogens with one attached hydrogen (secondary N) is 2. The van der Waals surface area contributed by atoms with Crippen molar-refractivity contribution in [1.29, 1.82) is 0 Å². The molecule has 0 aliphatic heterocycles. The van der Waals surface area contributed by atoms with Crippen molar-refractivity contribution in [2.24, 2.45) is 0 Å². The molecular formula is C21H23N3O3S2. The molecule has 6 nitrogen and oxygen atoms in total. The second-order valence-corrected chi connectivity index (χ2v) is 9.31. The first kappa shape index (κ1) is 21.2. The molecule has 0 aliphatic rings. The Morgan fingerprint density at radius 1 is 1.07 bits per heavy atom. The van der Waals surface area contributed by atoms with Gasteiger partial charge in [-0.05, 0) is 43.2 Å². The van der Waals surface area contributed by atoms with Crippen LogP contribution in [0.5, 0.6) is 0 Å². The first-order chi connectivity index (χ1) is 13.9. The van der Waals surface area contributed by atoms with E-state index < -0.39 is 10.0 Å². The van der Waals surface area contributed by atoms with Crippen LogP contribution in [0, 0.1) is 6.92 Å². The van der Waals surface area contributed by atoms with E-state index in [1.165, 1.54) is 24.3 Å². The molecule has 2 aromatic carbocycles. The molecule has 0 spiro atoms. The standard InChI is InChI=1S/C21H23N3O3S2/c1-3-23-29(26,27)19-10-8-18(9-11-19)21(25)22-13-12-16-4-6-17(7-5-16)20-14-28-15(2)24-20/h4-11,14,23H,3,12-13H2,1-2H3,(H,22,25). The highest BCUT2D eigenvalue weighted by Gasteiger charge is 2.13. The summed E-state index contributed by atoms with van der Waals surface area (Å²) in [4.78, 5) is 16.9. The van der Waals surface area contributed by atoms with E-state index in [0.717, 1.165) is 21.8 Å². The maximum absolute atomic E-state index is 12.3. The number of aryl methyl sites for hydroxylation is 1. The molecule has 0 bridgehead atoms. The summed E-state index contributed by atoms with van der Waals surface area (Å²) < 4.78 is 26.3. The number of sulfonamides is 1. The third kappa shape index (κ3) is 5.50. The zero-order valence-electron chi connectivity index (χ0n) is 16.3. The van der Waals surface area contributed by atoms with Gasteiger partial charge in [0.15, 0.2) is 0 Å². The average Bonchev–Trinajstić information content (AvgIpc) is 3.15. The molecule has 8 heteroatoms. The van der Waals surface area contributed by atoms with Gasteiger partial charge >= 0.3 is 0 Å². The predicted octanol–water partition coefficient (Wildman–Crippen LogP) is 3.39. The highest BCUT2D eigenvalue weighted by molar-refractivity contribution is 7.89. The van der Waals surface area contributed by atoms with Crippen LogP contribution in [0.3, 0.4) is 0 Å². The number of hydrogen-bond donors (Lipinski definition) is 2. The Bertz CT molecular complexity index is 1070. The monoisotopic (exact) mass is 429 g/mol. The molecule has 152 valence electrons. The van der Waals surface area contributed by atoms with Gasteiger partial charge in [-0.3, -0.25) is 4.79 Å². The highest BCUT2D eigenvalue weighted by Crippen LogP contribution is 2.21. The van der Waals surface area contributed by atoms with E-state index in [1.54, 1.807) is 18.3 Å². The van der Waals surface area contributed by atoms with Crippen molar-refractivity contribution in [2.45, 2.75) is 25.2 Å². The number of rotatable bonds is 8. The number of aromatic nitrogens is 1. The van der Waals surface area contributed by atoms with E-state index in [1.807, 2.05) is 36.6 Å². The van der Waals surface area contributed by atoms with Gasteiger partial charge in [-0.2, -0.15) is 0 Å². The van der Waals surface area contributed by atoms with E-state index >= 15 is 0 Å². The quantitative estimate of drug-likeness (QED) is 0.575. The van der Waals surface area contributed by atoms with Crippen molar-refractivity contribution in [2.75, 3.05) is 13.1 Å². The Hall–Kier alpha value is -2.55. The molecule has 0 saturated heterocycles. The Kier molecular flexibility index (Phi) is 6.79. The van der Waals surface area contributed by atoms with Crippen molar-refractivity contribution >= 4 is 27.3 Å². The van der Waals surface area contributed by atoms with Gasteiger partial charge in [0.2, 0.25) is 10.0 Å². The summed E-state index contributed by atoms with van der Waals surface area (Å²) in [7, 11) is -3.51. The zero-order valence-corrected chi connectivity index (χ0v) is 17.9. The maximum Gasteiger partial charge on any atom is 0.251 e. The number of amides is 1. The summed E-state index contributed by atoms with van der Waals surface area (Å²) in [6.45, 7) is 4.51. The van der Waals surface area contributed by atoms with Crippen LogP contribution in [-0.4, -0.2) is 32.4 Å². The molecule has 0 unspecified atom stereocenters. The molecule has 1 heterocycles. The number of benzene rings is 2. The number of carbonyl (C=O) groups excluding carboxylic acids is 1. The molecule has 0 radical (unpaired) electrons. The van der Waals surface area contributed by atoms with Crippen molar-refractivity contribution in [1.82, 2.24) is 15.0 Å². The van der Waals surface area contributed by atoms with Gasteiger partial charge in [-0.15, -0.1) is 11.3 Å². The smallest absolute Gasteiger partial charge is 0.251 e. The SMILES string of the molecule is CCNS(=O)(=O)c1ccc(C(=O)NCCc2ccc(-c3csc(C)n3)cc2)cc1. The summed E-state index contributed by atoms with van der Waals surface area (Å²) in [5.74, 6) is -0.230. The topological polar surface area (TPSA) is 88.2 Å². The lowest BCUT2D eigenvalue weighted by Gasteiger charge is -2.08. The Morgan fingerprint density at radius 3 is 2.34 bits per heavy atom. The minimum Gasteiger partial charge on any atom is -0.352 e. The molecular weight excluding hydrogens is 406 g/mol. The van der Waals surface area contributed by atoms with E-state index in [-0.39, 0.29) is 10.8 Å². The molecule has 3 aromatic rings. The summed E-state index contributed by atoms with van der Waals surface area (Å²) in [6.07, 6.45) is 0.703. The largest absolute Gasteiger partial charge is 0.352 e. The summed E-state index contributed by atoms with van der Waals surface area (Å²) in [5.41, 5.74) is 3.60. The van der Waals surface area contributed by atoms with Crippen LogP contribution in [0.15, 0.2) is 58.8 Å². The Labute approximate surface area is 175 Å². The van der Waals surface area contributed by atoms with Crippen LogP contribution in [0.4, 0.5) is 0 Å². The van der Waals surface area contributed by atoms with E-state index in [4.69, 9.17) is 0 Å². The molecule has 29 heavy (non-hydrogen) atoms. The fourth-order valence-electron chi connectivity index (χ4n) is 2.82. The molecule has 0 atom stereocenters. The first-order valence-corrected chi connectivity index (χ1v) is 11.6. The lowest BCUT2D eigenvalue weighted by molar-refractivity contribution is 0.0954. The second-order valence-electron chi connectivity index (χ2n) is 6.48. The van der Waals surface area contributed by atoms with Gasteiger partial charge in [0.25, 0.3) is 5.91 Å². The third-order valence-electron chi connectivity index (χ3n) is 4.33.